The first kappa shape index (κ1) is 13.7. The molecule has 4 amide bonds. The second-order valence-electron chi connectivity index (χ2n) is 4.58. The van der Waals surface area contributed by atoms with Gasteiger partial charge in [-0.05, 0) is 29.8 Å². The summed E-state index contributed by atoms with van der Waals surface area (Å²) in [6.07, 6.45) is 4.52. The van der Waals surface area contributed by atoms with E-state index < -0.39 is 17.8 Å². The third-order valence-electron chi connectivity index (χ3n) is 3.11. The Morgan fingerprint density at radius 3 is 2.45 bits per heavy atom. The highest BCUT2D eigenvalue weighted by Gasteiger charge is 2.36. The number of amides is 4. The van der Waals surface area contributed by atoms with E-state index in [0.717, 1.165) is 4.90 Å². The van der Waals surface area contributed by atoms with Crippen LogP contribution in [0.2, 0.25) is 0 Å². The van der Waals surface area contributed by atoms with Gasteiger partial charge in [-0.25, -0.2) is 9.69 Å². The van der Waals surface area contributed by atoms with Crippen molar-refractivity contribution >= 4 is 29.6 Å². The normalized spacial score (nSPS) is 16.8. The number of anilines is 1. The Balaban J connectivity index is 2.02. The summed E-state index contributed by atoms with van der Waals surface area (Å²) in [6, 6.07) is 11.1. The number of nitrogens with one attached hydrogen (secondary N) is 1. The van der Waals surface area contributed by atoms with Crippen LogP contribution in [-0.2, 0) is 9.59 Å². The maximum atomic E-state index is 12.5. The first-order valence-electron chi connectivity index (χ1n) is 6.53. The maximum Gasteiger partial charge on any atom is 0.335 e. The molecule has 1 aliphatic heterocycles. The van der Waals surface area contributed by atoms with Gasteiger partial charge in [0, 0.05) is 12.4 Å². The number of rotatable bonds is 2. The molecule has 22 heavy (non-hydrogen) atoms. The Morgan fingerprint density at radius 2 is 1.77 bits per heavy atom. The van der Waals surface area contributed by atoms with Gasteiger partial charge in [0.15, 0.2) is 0 Å². The summed E-state index contributed by atoms with van der Waals surface area (Å²) in [5, 5.41) is 2.17. The molecule has 1 fully saturated rings. The van der Waals surface area contributed by atoms with Crippen molar-refractivity contribution in [2.45, 2.75) is 0 Å². The topological polar surface area (TPSA) is 79.4 Å². The molecule has 2 heterocycles. The Labute approximate surface area is 126 Å². The third kappa shape index (κ3) is 2.49. The minimum atomic E-state index is -0.760. The van der Waals surface area contributed by atoms with Gasteiger partial charge in [-0.3, -0.25) is 19.9 Å². The fourth-order valence-electron chi connectivity index (χ4n) is 2.10. The molecule has 0 radical (unpaired) electrons. The van der Waals surface area contributed by atoms with Crippen molar-refractivity contribution in [1.82, 2.24) is 10.3 Å². The number of pyridine rings is 1. The summed E-state index contributed by atoms with van der Waals surface area (Å²) in [5.74, 6) is -1.38. The summed E-state index contributed by atoms with van der Waals surface area (Å²) in [4.78, 5) is 41.2. The average molecular weight is 293 g/mol. The van der Waals surface area contributed by atoms with Gasteiger partial charge in [-0.15, -0.1) is 0 Å². The number of carbonyl (C=O) groups is 3. The lowest BCUT2D eigenvalue weighted by Crippen LogP contribution is -2.54. The summed E-state index contributed by atoms with van der Waals surface area (Å²) < 4.78 is 0. The molecule has 1 aromatic carbocycles. The molecule has 0 saturated carbocycles. The molecule has 0 atom stereocenters. The summed E-state index contributed by atoms with van der Waals surface area (Å²) in [7, 11) is 0. The lowest BCUT2D eigenvalue weighted by molar-refractivity contribution is -0.122. The van der Waals surface area contributed by atoms with Gasteiger partial charge >= 0.3 is 6.03 Å². The van der Waals surface area contributed by atoms with Crippen molar-refractivity contribution in [3.63, 3.8) is 0 Å². The monoisotopic (exact) mass is 293 g/mol. The van der Waals surface area contributed by atoms with E-state index in [9.17, 15) is 14.4 Å². The molecule has 3 rings (SSSR count). The molecule has 0 bridgehead atoms. The first-order valence-corrected chi connectivity index (χ1v) is 6.53. The third-order valence-corrected chi connectivity index (χ3v) is 3.11. The predicted octanol–water partition coefficient (Wildman–Crippen LogP) is 1.75. The zero-order valence-corrected chi connectivity index (χ0v) is 11.4. The first-order chi connectivity index (χ1) is 10.7. The van der Waals surface area contributed by atoms with Crippen molar-refractivity contribution in [3.05, 3.63) is 66.0 Å². The molecule has 1 saturated heterocycles. The van der Waals surface area contributed by atoms with Crippen molar-refractivity contribution in [3.8, 4) is 0 Å². The zero-order valence-electron chi connectivity index (χ0n) is 11.4. The minimum absolute atomic E-state index is 0.114. The number of benzene rings is 1. The Kier molecular flexibility index (Phi) is 3.49. The number of hydrogen-bond donors (Lipinski definition) is 1. The Bertz CT molecular complexity index is 770. The number of hydrogen-bond acceptors (Lipinski definition) is 4. The van der Waals surface area contributed by atoms with E-state index in [0.29, 0.717) is 11.3 Å². The molecule has 1 N–H and O–H groups in total. The summed E-state index contributed by atoms with van der Waals surface area (Å²) in [5.41, 5.74) is 0.884. The SMILES string of the molecule is O=C1NC(=O)N(c2ccccc2)C(=O)C1=Cc1cccnc1. The molecule has 0 aliphatic carbocycles. The highest BCUT2D eigenvalue weighted by atomic mass is 16.2. The van der Waals surface area contributed by atoms with Crippen LogP contribution in [0.4, 0.5) is 10.5 Å². The van der Waals surface area contributed by atoms with Crippen molar-refractivity contribution in [2.75, 3.05) is 4.90 Å². The fourth-order valence-corrected chi connectivity index (χ4v) is 2.10. The van der Waals surface area contributed by atoms with Crippen LogP contribution >= 0.6 is 0 Å². The summed E-state index contributed by atoms with van der Waals surface area (Å²) >= 11 is 0. The minimum Gasteiger partial charge on any atom is -0.273 e. The second-order valence-corrected chi connectivity index (χ2v) is 4.58. The predicted molar refractivity (Wildman–Crippen MR) is 79.7 cm³/mol. The lowest BCUT2D eigenvalue weighted by Gasteiger charge is -2.26. The molecule has 1 aromatic heterocycles. The number of imide groups is 2. The van der Waals surface area contributed by atoms with Crippen LogP contribution in [0.3, 0.4) is 0 Å². The van der Waals surface area contributed by atoms with E-state index in [1.807, 2.05) is 0 Å². The Morgan fingerprint density at radius 1 is 1.00 bits per heavy atom. The smallest absolute Gasteiger partial charge is 0.273 e. The zero-order chi connectivity index (χ0) is 15.5. The average Bonchev–Trinajstić information content (AvgIpc) is 2.53. The molecule has 1 aliphatic rings. The van der Waals surface area contributed by atoms with Crippen LogP contribution in [0.25, 0.3) is 6.08 Å². The standard InChI is InChI=1S/C16H11N3O3/c20-14-13(9-11-5-4-8-17-10-11)15(21)19(16(22)18-14)12-6-2-1-3-7-12/h1-10H,(H,18,20,22). The number of para-hydroxylation sites is 1. The van der Waals surface area contributed by atoms with Gasteiger partial charge in [0.1, 0.15) is 5.57 Å². The Hall–Kier alpha value is -3.28. The van der Waals surface area contributed by atoms with Crippen LogP contribution in [0.15, 0.2) is 60.4 Å². The van der Waals surface area contributed by atoms with Crippen molar-refractivity contribution in [2.24, 2.45) is 0 Å². The van der Waals surface area contributed by atoms with E-state index in [2.05, 4.69) is 10.3 Å². The molecular weight excluding hydrogens is 282 g/mol. The number of aromatic nitrogens is 1. The second kappa shape index (κ2) is 5.61. The molecule has 2 aromatic rings. The van der Waals surface area contributed by atoms with Gasteiger partial charge in [-0.2, -0.15) is 0 Å². The van der Waals surface area contributed by atoms with Crippen LogP contribution < -0.4 is 10.2 Å². The van der Waals surface area contributed by atoms with Gasteiger partial charge in [-0.1, -0.05) is 24.3 Å². The molecule has 108 valence electrons. The van der Waals surface area contributed by atoms with Crippen LogP contribution in [0.5, 0.6) is 0 Å². The van der Waals surface area contributed by atoms with Crippen LogP contribution in [-0.4, -0.2) is 22.8 Å². The maximum absolute atomic E-state index is 12.5. The van der Waals surface area contributed by atoms with Gasteiger partial charge in [0.25, 0.3) is 11.8 Å². The number of urea groups is 1. The molecule has 6 heteroatoms. The van der Waals surface area contributed by atoms with E-state index in [1.54, 1.807) is 48.7 Å². The lowest BCUT2D eigenvalue weighted by atomic mass is 10.1. The van der Waals surface area contributed by atoms with Crippen LogP contribution in [0, 0.1) is 0 Å². The van der Waals surface area contributed by atoms with E-state index in [-0.39, 0.29) is 5.57 Å². The molecule has 0 spiro atoms. The largest absolute Gasteiger partial charge is 0.335 e. The highest BCUT2D eigenvalue weighted by molar-refractivity contribution is 6.39. The van der Waals surface area contributed by atoms with Gasteiger partial charge < -0.3 is 0 Å². The number of nitrogens with zero attached hydrogens (tertiary/aromatic N) is 2. The summed E-state index contributed by atoms with van der Waals surface area (Å²) in [6.45, 7) is 0. The van der Waals surface area contributed by atoms with Gasteiger partial charge in [0.05, 0.1) is 5.69 Å². The quantitative estimate of drug-likeness (QED) is 0.675. The van der Waals surface area contributed by atoms with Crippen molar-refractivity contribution in [1.29, 1.82) is 0 Å². The number of carbonyl (C=O) groups excluding carboxylic acids is 3. The molecule has 0 unspecified atom stereocenters. The highest BCUT2D eigenvalue weighted by Crippen LogP contribution is 2.21. The fraction of sp³-hybridized carbons (Fsp3) is 0. The van der Waals surface area contributed by atoms with Crippen molar-refractivity contribution < 1.29 is 14.4 Å². The molecular formula is C16H11N3O3. The van der Waals surface area contributed by atoms with Crippen LogP contribution in [0.1, 0.15) is 5.56 Å². The van der Waals surface area contributed by atoms with E-state index in [4.69, 9.17) is 0 Å². The molecule has 6 nitrogen and oxygen atoms in total. The van der Waals surface area contributed by atoms with Gasteiger partial charge in [0.2, 0.25) is 0 Å². The number of barbiturate groups is 1. The van der Waals surface area contributed by atoms with E-state index in [1.165, 1.54) is 12.3 Å². The van der Waals surface area contributed by atoms with E-state index >= 15 is 0 Å².